The monoisotopic (exact) mass is 476 g/mol. The smallest absolute Gasteiger partial charge is 0.325 e. The number of aliphatic imine (C=N–C) groups is 1. The summed E-state index contributed by atoms with van der Waals surface area (Å²) in [5.74, 6) is 2.77. The number of piperazine rings is 1. The molecule has 1 atom stereocenters. The Morgan fingerprint density at radius 1 is 1.26 bits per heavy atom. The van der Waals surface area contributed by atoms with Crippen LogP contribution < -0.4 is 20.3 Å². The number of aromatic nitrogens is 2. The largest absolute Gasteiger partial charge is 0.423 e. The quantitative estimate of drug-likeness (QED) is 0.632. The second-order valence-electron chi connectivity index (χ2n) is 8.96. The van der Waals surface area contributed by atoms with Gasteiger partial charge in [-0.3, -0.25) is 4.99 Å². The number of hydrogen-bond donors (Lipinski definition) is 2. The van der Waals surface area contributed by atoms with E-state index in [4.69, 9.17) is 21.3 Å². The summed E-state index contributed by atoms with van der Waals surface area (Å²) >= 11 is 6.71. The highest BCUT2D eigenvalue weighted by Crippen LogP contribution is 2.38. The van der Waals surface area contributed by atoms with Gasteiger partial charge in [-0.15, -0.1) is 0 Å². The van der Waals surface area contributed by atoms with Crippen LogP contribution in [0.1, 0.15) is 31.9 Å². The van der Waals surface area contributed by atoms with Gasteiger partial charge in [-0.2, -0.15) is 9.97 Å². The fourth-order valence-electron chi connectivity index (χ4n) is 4.49. The molecule has 34 heavy (non-hydrogen) atoms. The Hall–Kier alpha value is -3.16. The van der Waals surface area contributed by atoms with Crippen molar-refractivity contribution >= 4 is 35.1 Å². The molecule has 0 bridgehead atoms. The van der Waals surface area contributed by atoms with E-state index in [1.165, 1.54) is 11.1 Å². The molecule has 0 spiro atoms. The molecule has 2 N–H and O–H groups in total. The third-order valence-corrected chi connectivity index (χ3v) is 6.46. The topological polar surface area (TPSA) is 74.7 Å². The molecule has 1 aromatic heterocycles. The minimum absolute atomic E-state index is 0.253. The molecule has 8 heteroatoms. The van der Waals surface area contributed by atoms with Gasteiger partial charge >= 0.3 is 6.01 Å². The van der Waals surface area contributed by atoms with Crippen molar-refractivity contribution in [3.63, 3.8) is 0 Å². The van der Waals surface area contributed by atoms with Crippen LogP contribution in [0.4, 0.5) is 11.6 Å². The van der Waals surface area contributed by atoms with Gasteiger partial charge in [0.05, 0.1) is 11.6 Å². The summed E-state index contributed by atoms with van der Waals surface area (Å²) in [7, 11) is 0. The summed E-state index contributed by atoms with van der Waals surface area (Å²) in [5, 5.41) is 7.40. The molecule has 0 saturated carbocycles. The van der Waals surface area contributed by atoms with Crippen molar-refractivity contribution in [1.82, 2.24) is 15.3 Å². The molecule has 2 aromatic rings. The molecule has 1 aliphatic carbocycles. The van der Waals surface area contributed by atoms with Crippen LogP contribution in [0.5, 0.6) is 11.8 Å². The van der Waals surface area contributed by atoms with Crippen molar-refractivity contribution in [2.45, 2.75) is 33.2 Å². The van der Waals surface area contributed by atoms with Gasteiger partial charge in [0.25, 0.3) is 0 Å². The third kappa shape index (κ3) is 4.86. The van der Waals surface area contributed by atoms with E-state index in [1.807, 2.05) is 31.2 Å². The zero-order valence-electron chi connectivity index (χ0n) is 19.7. The van der Waals surface area contributed by atoms with Gasteiger partial charge in [0.15, 0.2) is 0 Å². The van der Waals surface area contributed by atoms with E-state index in [1.54, 1.807) is 0 Å². The summed E-state index contributed by atoms with van der Waals surface area (Å²) in [4.78, 5) is 16.2. The Morgan fingerprint density at radius 3 is 2.97 bits per heavy atom. The van der Waals surface area contributed by atoms with E-state index in [0.717, 1.165) is 48.8 Å². The van der Waals surface area contributed by atoms with Crippen molar-refractivity contribution in [3.8, 4) is 11.8 Å². The number of ether oxygens (including phenoxy) is 1. The van der Waals surface area contributed by atoms with Crippen LogP contribution in [0.2, 0.25) is 5.02 Å². The average Bonchev–Trinajstić information content (AvgIpc) is 3.42. The van der Waals surface area contributed by atoms with E-state index in [9.17, 15) is 0 Å². The highest BCUT2D eigenvalue weighted by molar-refractivity contribution is 6.33. The van der Waals surface area contributed by atoms with E-state index < -0.39 is 0 Å². The minimum Gasteiger partial charge on any atom is -0.423 e. The maximum Gasteiger partial charge on any atom is 0.325 e. The number of rotatable bonds is 5. The van der Waals surface area contributed by atoms with Crippen molar-refractivity contribution in [1.29, 1.82) is 0 Å². The number of nitrogens with zero attached hydrogens (tertiary/aromatic N) is 4. The van der Waals surface area contributed by atoms with Gasteiger partial charge in [-0.25, -0.2) is 0 Å². The van der Waals surface area contributed by atoms with E-state index in [-0.39, 0.29) is 6.01 Å². The van der Waals surface area contributed by atoms with Gasteiger partial charge in [0.1, 0.15) is 23.2 Å². The van der Waals surface area contributed by atoms with Crippen LogP contribution >= 0.6 is 11.6 Å². The van der Waals surface area contributed by atoms with Gasteiger partial charge in [0, 0.05) is 37.3 Å². The number of allylic oxidation sites excluding steroid dienone is 2. The number of anilines is 2. The highest BCUT2D eigenvalue weighted by atomic mass is 35.5. The fourth-order valence-corrected chi connectivity index (χ4v) is 4.77. The van der Waals surface area contributed by atoms with Gasteiger partial charge in [0.2, 0.25) is 0 Å². The first-order valence-electron chi connectivity index (χ1n) is 11.7. The van der Waals surface area contributed by atoms with Crippen LogP contribution in [0.25, 0.3) is 6.08 Å². The Balaban J connectivity index is 1.46. The second kappa shape index (κ2) is 9.60. The molecule has 1 unspecified atom stereocenters. The molecule has 7 nitrogen and oxygen atoms in total. The van der Waals surface area contributed by atoms with Crippen LogP contribution in [0.3, 0.4) is 0 Å². The Bertz CT molecular complexity index is 1230. The molecular formula is C26H29ClN6O. The fraction of sp³-hybridized carbons (Fsp3) is 0.346. The zero-order valence-corrected chi connectivity index (χ0v) is 20.5. The predicted molar refractivity (Wildman–Crippen MR) is 139 cm³/mol. The Kier molecular flexibility index (Phi) is 6.39. The second-order valence-corrected chi connectivity index (χ2v) is 9.34. The van der Waals surface area contributed by atoms with Crippen LogP contribution in [0.15, 0.2) is 52.6 Å². The summed E-state index contributed by atoms with van der Waals surface area (Å²) < 4.78 is 6.16. The molecule has 3 aliphatic rings. The molecule has 176 valence electrons. The van der Waals surface area contributed by atoms with E-state index >= 15 is 0 Å². The minimum atomic E-state index is 0.253. The molecule has 3 heterocycles. The average molecular weight is 477 g/mol. The number of halogens is 1. The predicted octanol–water partition coefficient (Wildman–Crippen LogP) is 5.01. The molecule has 1 fully saturated rings. The first-order valence-corrected chi connectivity index (χ1v) is 12.0. The first-order chi connectivity index (χ1) is 16.5. The van der Waals surface area contributed by atoms with Crippen LogP contribution in [-0.4, -0.2) is 48.0 Å². The summed E-state index contributed by atoms with van der Waals surface area (Å²) in [6, 6.07) is 6.53. The lowest BCUT2D eigenvalue weighted by molar-refractivity contribution is 0.438. The lowest BCUT2D eigenvalue weighted by atomic mass is 10.1. The van der Waals surface area contributed by atoms with Crippen LogP contribution in [-0.2, 0) is 6.42 Å². The normalized spacial score (nSPS) is 19.7. The SMILES string of the molecule is C/C=C/C1=CC(Nc2cc(N3CCNC(C)C3)nc(Oc3ccc4c(c3Cl)C=C(C)C4)n2)=NC1. The van der Waals surface area contributed by atoms with Gasteiger partial charge in [-0.05, 0) is 50.5 Å². The zero-order chi connectivity index (χ0) is 23.7. The molecule has 2 aliphatic heterocycles. The van der Waals surface area contributed by atoms with Crippen molar-refractivity contribution in [2.75, 3.05) is 36.4 Å². The Labute approximate surface area is 205 Å². The maximum atomic E-state index is 6.71. The Morgan fingerprint density at radius 2 is 2.15 bits per heavy atom. The first kappa shape index (κ1) is 22.6. The molecule has 1 aromatic carbocycles. The molecule has 1 saturated heterocycles. The van der Waals surface area contributed by atoms with Crippen LogP contribution in [0, 0.1) is 0 Å². The lowest BCUT2D eigenvalue weighted by Gasteiger charge is -2.32. The van der Waals surface area contributed by atoms with Crippen molar-refractivity contribution in [2.24, 2.45) is 4.99 Å². The molecule has 0 amide bonds. The van der Waals surface area contributed by atoms with Crippen molar-refractivity contribution < 1.29 is 4.74 Å². The van der Waals surface area contributed by atoms with E-state index in [2.05, 4.69) is 57.6 Å². The number of benzene rings is 1. The number of amidine groups is 1. The lowest BCUT2D eigenvalue weighted by Crippen LogP contribution is -2.49. The number of nitrogens with one attached hydrogen (secondary N) is 2. The molecule has 5 rings (SSSR count). The summed E-state index contributed by atoms with van der Waals surface area (Å²) in [6.45, 7) is 9.54. The molecule has 0 radical (unpaired) electrons. The van der Waals surface area contributed by atoms with Gasteiger partial charge < -0.3 is 20.3 Å². The third-order valence-electron chi connectivity index (χ3n) is 6.07. The molecular weight excluding hydrogens is 448 g/mol. The standard InChI is InChI=1S/C26H29ClN6O/c1-4-5-18-12-22(29-14-18)30-23-13-24(33-9-8-28-17(3)15-33)32-26(31-23)34-21-7-6-19-10-16(2)11-20(19)25(21)27/h4-7,11-13,17,28H,8-10,14-15H2,1-3H3,(H,29,30,31,32)/b5-4+. The summed E-state index contributed by atoms with van der Waals surface area (Å²) in [6.07, 6.45) is 9.14. The highest BCUT2D eigenvalue weighted by Gasteiger charge is 2.21. The van der Waals surface area contributed by atoms with Crippen molar-refractivity contribution in [3.05, 3.63) is 63.7 Å². The number of fused-ring (bicyclic) bond motifs is 1. The maximum absolute atomic E-state index is 6.71. The summed E-state index contributed by atoms with van der Waals surface area (Å²) in [5.41, 5.74) is 4.67. The number of hydrogen-bond acceptors (Lipinski definition) is 7. The van der Waals surface area contributed by atoms with Gasteiger partial charge in [-0.1, -0.05) is 41.5 Å². The van der Waals surface area contributed by atoms with E-state index in [0.29, 0.717) is 29.2 Å².